The van der Waals surface area contributed by atoms with Crippen LogP contribution in [0.2, 0.25) is 0 Å². The Labute approximate surface area is 121 Å². The Balaban J connectivity index is 2.82. The molecular formula is C12H12BrF4NO2. The van der Waals surface area contributed by atoms with Gasteiger partial charge in [0, 0.05) is 29.2 Å². The zero-order chi connectivity index (χ0) is 15.1. The molecule has 0 spiro atoms. The van der Waals surface area contributed by atoms with Gasteiger partial charge < -0.3 is 14.8 Å². The minimum absolute atomic E-state index is 0.210. The van der Waals surface area contributed by atoms with Crippen LogP contribution in [0.1, 0.15) is 5.56 Å². The van der Waals surface area contributed by atoms with Gasteiger partial charge in [-0.25, -0.2) is 0 Å². The molecule has 0 aliphatic heterocycles. The first kappa shape index (κ1) is 16.8. The summed E-state index contributed by atoms with van der Waals surface area (Å²) in [4.78, 5) is 0. The number of hydrogen-bond acceptors (Lipinski definition) is 3. The highest BCUT2D eigenvalue weighted by Gasteiger charge is 2.13. The largest absolute Gasteiger partial charge is 0.435 e. The second kappa shape index (κ2) is 8.11. The van der Waals surface area contributed by atoms with Crippen molar-refractivity contribution >= 4 is 15.9 Å². The molecule has 0 bridgehead atoms. The van der Waals surface area contributed by atoms with E-state index in [1.807, 2.05) is 0 Å². The van der Waals surface area contributed by atoms with Gasteiger partial charge in [-0.15, -0.1) is 0 Å². The van der Waals surface area contributed by atoms with Crippen LogP contribution in [-0.2, 0) is 6.54 Å². The van der Waals surface area contributed by atoms with Gasteiger partial charge in [-0.05, 0) is 6.07 Å². The molecular weight excluding hydrogens is 346 g/mol. The van der Waals surface area contributed by atoms with Crippen molar-refractivity contribution in [3.63, 3.8) is 0 Å². The maximum Gasteiger partial charge on any atom is 0.387 e. The van der Waals surface area contributed by atoms with Crippen LogP contribution >= 0.6 is 15.9 Å². The third-order valence-corrected chi connectivity index (χ3v) is 2.39. The number of alkyl halides is 4. The lowest BCUT2D eigenvalue weighted by Crippen LogP contribution is -2.16. The Morgan fingerprint density at radius 3 is 2.40 bits per heavy atom. The molecule has 0 saturated heterocycles. The van der Waals surface area contributed by atoms with Gasteiger partial charge in [-0.2, -0.15) is 17.6 Å². The Hall–Kier alpha value is -1.28. The molecule has 0 saturated carbocycles. The molecule has 0 fully saturated rings. The van der Waals surface area contributed by atoms with E-state index in [-0.39, 0.29) is 18.0 Å². The minimum Gasteiger partial charge on any atom is -0.435 e. The normalized spacial score (nSPS) is 10.9. The molecule has 8 heteroatoms. The van der Waals surface area contributed by atoms with Crippen LogP contribution < -0.4 is 14.8 Å². The summed E-state index contributed by atoms with van der Waals surface area (Å²) in [7, 11) is 0. The lowest BCUT2D eigenvalue weighted by molar-refractivity contribution is -0.0546. The smallest absolute Gasteiger partial charge is 0.387 e. The molecule has 1 aromatic carbocycles. The molecule has 0 aliphatic carbocycles. The first-order valence-corrected chi connectivity index (χ1v) is 6.24. The van der Waals surface area contributed by atoms with Gasteiger partial charge in [0.05, 0.1) is 0 Å². The van der Waals surface area contributed by atoms with Crippen molar-refractivity contribution in [1.29, 1.82) is 0 Å². The van der Waals surface area contributed by atoms with E-state index < -0.39 is 13.2 Å². The molecule has 0 amide bonds. The molecule has 0 aromatic heterocycles. The van der Waals surface area contributed by atoms with Crippen molar-refractivity contribution in [3.05, 3.63) is 34.8 Å². The Morgan fingerprint density at radius 2 is 1.85 bits per heavy atom. The fraction of sp³-hybridized carbons (Fsp3) is 0.333. The average molecular weight is 358 g/mol. The summed E-state index contributed by atoms with van der Waals surface area (Å²) in [6.07, 6.45) is 0. The van der Waals surface area contributed by atoms with Gasteiger partial charge >= 0.3 is 13.2 Å². The molecule has 0 heterocycles. The van der Waals surface area contributed by atoms with E-state index in [1.165, 1.54) is 12.1 Å². The molecule has 1 rings (SSSR count). The molecule has 0 unspecified atom stereocenters. The monoisotopic (exact) mass is 357 g/mol. The van der Waals surface area contributed by atoms with Crippen molar-refractivity contribution in [2.45, 2.75) is 19.8 Å². The van der Waals surface area contributed by atoms with Gasteiger partial charge in [0.25, 0.3) is 0 Å². The highest BCUT2D eigenvalue weighted by Crippen LogP contribution is 2.27. The summed E-state index contributed by atoms with van der Waals surface area (Å²) < 4.78 is 57.8. The number of halogens is 5. The van der Waals surface area contributed by atoms with Crippen LogP contribution in [0.3, 0.4) is 0 Å². The maximum absolute atomic E-state index is 12.3. The molecule has 20 heavy (non-hydrogen) atoms. The third-order valence-electron chi connectivity index (χ3n) is 2.11. The highest BCUT2D eigenvalue weighted by molar-refractivity contribution is 9.11. The molecule has 1 aromatic rings. The van der Waals surface area contributed by atoms with Crippen molar-refractivity contribution in [3.8, 4) is 11.5 Å². The summed E-state index contributed by atoms with van der Waals surface area (Å²) in [5.74, 6) is -0.463. The minimum atomic E-state index is -3.05. The fourth-order valence-electron chi connectivity index (χ4n) is 1.40. The predicted molar refractivity (Wildman–Crippen MR) is 69.5 cm³/mol. The first-order valence-electron chi connectivity index (χ1n) is 5.45. The molecule has 1 N–H and O–H groups in total. The van der Waals surface area contributed by atoms with Crippen LogP contribution in [0.5, 0.6) is 11.5 Å². The second-order valence-electron chi connectivity index (χ2n) is 3.65. The summed E-state index contributed by atoms with van der Waals surface area (Å²) in [6, 6.07) is 3.63. The molecule has 0 aliphatic rings. The van der Waals surface area contributed by atoms with Crippen LogP contribution in [-0.4, -0.2) is 19.8 Å². The number of ether oxygens (including phenoxy) is 2. The first-order chi connectivity index (χ1) is 9.38. The van der Waals surface area contributed by atoms with E-state index in [2.05, 4.69) is 37.3 Å². The number of nitrogens with one attached hydrogen (secondary N) is 1. The highest BCUT2D eigenvalue weighted by atomic mass is 79.9. The van der Waals surface area contributed by atoms with E-state index in [9.17, 15) is 17.6 Å². The zero-order valence-electron chi connectivity index (χ0n) is 10.2. The van der Waals surface area contributed by atoms with Crippen molar-refractivity contribution in [1.82, 2.24) is 5.32 Å². The molecule has 0 radical (unpaired) electrons. The predicted octanol–water partition coefficient (Wildman–Crippen LogP) is 3.89. The lowest BCUT2D eigenvalue weighted by atomic mass is 10.2. The number of benzene rings is 1. The molecule has 3 nitrogen and oxygen atoms in total. The average Bonchev–Trinajstić information content (AvgIpc) is 2.29. The van der Waals surface area contributed by atoms with E-state index in [0.29, 0.717) is 16.6 Å². The topological polar surface area (TPSA) is 30.5 Å². The summed E-state index contributed by atoms with van der Waals surface area (Å²) in [5, 5.41) is 2.91. The SMILES string of the molecule is C=C(Br)CNCc1ccc(OC(F)F)cc1OC(F)F. The van der Waals surface area contributed by atoms with Crippen molar-refractivity contribution in [2.24, 2.45) is 0 Å². The summed E-state index contributed by atoms with van der Waals surface area (Å²) >= 11 is 3.13. The Bertz CT molecular complexity index is 457. The number of hydrogen-bond donors (Lipinski definition) is 1. The van der Waals surface area contributed by atoms with Gasteiger partial charge in [0.2, 0.25) is 0 Å². The fourth-order valence-corrected chi connectivity index (χ4v) is 1.59. The standard InChI is InChI=1S/C12H12BrF4NO2/c1-7(13)5-18-6-8-2-3-9(19-11(14)15)4-10(8)20-12(16)17/h2-4,11-12,18H,1,5-6H2. The van der Waals surface area contributed by atoms with E-state index in [0.717, 1.165) is 6.07 Å². The maximum atomic E-state index is 12.3. The summed E-state index contributed by atoms with van der Waals surface area (Å²) in [6.45, 7) is -1.85. The van der Waals surface area contributed by atoms with Gasteiger partial charge in [0.15, 0.2) is 0 Å². The van der Waals surface area contributed by atoms with Crippen LogP contribution in [0, 0.1) is 0 Å². The van der Waals surface area contributed by atoms with Gasteiger partial charge in [-0.3, -0.25) is 0 Å². The Kier molecular flexibility index (Phi) is 6.80. The number of rotatable bonds is 8. The van der Waals surface area contributed by atoms with E-state index >= 15 is 0 Å². The Morgan fingerprint density at radius 1 is 1.20 bits per heavy atom. The van der Waals surface area contributed by atoms with Gasteiger partial charge in [0.1, 0.15) is 11.5 Å². The van der Waals surface area contributed by atoms with Gasteiger partial charge in [-0.1, -0.05) is 28.6 Å². The van der Waals surface area contributed by atoms with E-state index in [4.69, 9.17) is 0 Å². The quantitative estimate of drug-likeness (QED) is 0.716. The second-order valence-corrected chi connectivity index (χ2v) is 4.77. The van der Waals surface area contributed by atoms with Crippen LogP contribution in [0.25, 0.3) is 0 Å². The summed E-state index contributed by atoms with van der Waals surface area (Å²) in [5.41, 5.74) is 0.390. The van der Waals surface area contributed by atoms with Crippen LogP contribution in [0.15, 0.2) is 29.3 Å². The van der Waals surface area contributed by atoms with Crippen molar-refractivity contribution < 1.29 is 27.0 Å². The molecule has 0 atom stereocenters. The third kappa shape index (κ3) is 6.25. The molecule has 112 valence electrons. The van der Waals surface area contributed by atoms with Crippen LogP contribution in [0.4, 0.5) is 17.6 Å². The van der Waals surface area contributed by atoms with Crippen molar-refractivity contribution in [2.75, 3.05) is 6.54 Å². The van der Waals surface area contributed by atoms with E-state index in [1.54, 1.807) is 0 Å². The zero-order valence-corrected chi connectivity index (χ0v) is 11.8. The lowest BCUT2D eigenvalue weighted by Gasteiger charge is -2.13.